The molecule has 28 heavy (non-hydrogen) atoms. The molecular formula is C24H32N2O2. The Balaban J connectivity index is 1.42. The number of amides is 2. The molecule has 0 unspecified atom stereocenters. The normalized spacial score (nSPS) is 30.5. The van der Waals surface area contributed by atoms with Crippen molar-refractivity contribution in [2.45, 2.75) is 57.9 Å². The van der Waals surface area contributed by atoms with Gasteiger partial charge in [-0.1, -0.05) is 43.5 Å². The summed E-state index contributed by atoms with van der Waals surface area (Å²) >= 11 is 0. The summed E-state index contributed by atoms with van der Waals surface area (Å²) in [7, 11) is 0. The van der Waals surface area contributed by atoms with Crippen molar-refractivity contribution in [3.63, 3.8) is 0 Å². The zero-order valence-corrected chi connectivity index (χ0v) is 17.0. The van der Waals surface area contributed by atoms with Crippen LogP contribution in [-0.4, -0.2) is 41.2 Å². The topological polar surface area (TPSA) is 40.6 Å². The van der Waals surface area contributed by atoms with Crippen LogP contribution in [0.25, 0.3) is 0 Å². The van der Waals surface area contributed by atoms with Gasteiger partial charge in [-0.15, -0.1) is 0 Å². The SMILES string of the molecule is Cc1ccccc1[C@@H]1[C@H]2CN(C(=O)C3CCC3)C[C@H]2CN1C(=O)C1CCCC1. The second-order valence-corrected chi connectivity index (χ2v) is 9.57. The van der Waals surface area contributed by atoms with Crippen LogP contribution in [0.4, 0.5) is 0 Å². The summed E-state index contributed by atoms with van der Waals surface area (Å²) in [5.41, 5.74) is 2.56. The molecule has 0 aromatic heterocycles. The van der Waals surface area contributed by atoms with E-state index < -0.39 is 0 Å². The lowest BCUT2D eigenvalue weighted by Crippen LogP contribution is -2.42. The van der Waals surface area contributed by atoms with Crippen LogP contribution in [0.3, 0.4) is 0 Å². The van der Waals surface area contributed by atoms with Gasteiger partial charge in [-0.3, -0.25) is 9.59 Å². The van der Waals surface area contributed by atoms with Crippen molar-refractivity contribution in [2.75, 3.05) is 19.6 Å². The predicted octanol–water partition coefficient (Wildman–Crippen LogP) is 3.94. The van der Waals surface area contributed by atoms with Crippen LogP contribution in [0.15, 0.2) is 24.3 Å². The van der Waals surface area contributed by atoms with Crippen molar-refractivity contribution < 1.29 is 9.59 Å². The fourth-order valence-electron chi connectivity index (χ4n) is 6.09. The number of carbonyl (C=O) groups excluding carboxylic acids is 2. The number of rotatable bonds is 3. The second kappa shape index (κ2) is 7.20. The lowest BCUT2D eigenvalue weighted by Gasteiger charge is -2.34. The van der Waals surface area contributed by atoms with Crippen molar-refractivity contribution >= 4 is 11.8 Å². The van der Waals surface area contributed by atoms with Gasteiger partial charge < -0.3 is 9.80 Å². The molecule has 3 atom stereocenters. The third-order valence-corrected chi connectivity index (χ3v) is 7.92. The van der Waals surface area contributed by atoms with E-state index in [0.717, 1.165) is 45.3 Å². The summed E-state index contributed by atoms with van der Waals surface area (Å²) in [5, 5.41) is 0. The molecule has 150 valence electrons. The van der Waals surface area contributed by atoms with Crippen molar-refractivity contribution in [1.82, 2.24) is 9.80 Å². The average molecular weight is 381 g/mol. The molecule has 5 rings (SSSR count). The average Bonchev–Trinajstić information content (AvgIpc) is 3.36. The Hall–Kier alpha value is -1.84. The van der Waals surface area contributed by atoms with Gasteiger partial charge in [0.25, 0.3) is 0 Å². The Bertz CT molecular complexity index is 766. The Labute approximate surface area is 168 Å². The van der Waals surface area contributed by atoms with Gasteiger partial charge in [0.15, 0.2) is 0 Å². The molecule has 1 aromatic carbocycles. The highest BCUT2D eigenvalue weighted by atomic mass is 16.2. The van der Waals surface area contributed by atoms with Crippen LogP contribution in [0, 0.1) is 30.6 Å². The first-order valence-corrected chi connectivity index (χ1v) is 11.3. The Kier molecular flexibility index (Phi) is 4.68. The van der Waals surface area contributed by atoms with Crippen LogP contribution in [0.5, 0.6) is 0 Å². The molecule has 4 aliphatic rings. The zero-order chi connectivity index (χ0) is 19.3. The van der Waals surface area contributed by atoms with Gasteiger partial charge in [0.2, 0.25) is 11.8 Å². The van der Waals surface area contributed by atoms with E-state index in [-0.39, 0.29) is 17.9 Å². The maximum absolute atomic E-state index is 13.4. The maximum Gasteiger partial charge on any atom is 0.226 e. The van der Waals surface area contributed by atoms with Gasteiger partial charge in [0, 0.05) is 43.3 Å². The lowest BCUT2D eigenvalue weighted by molar-refractivity contribution is -0.138. The van der Waals surface area contributed by atoms with Gasteiger partial charge in [0.1, 0.15) is 0 Å². The number of aryl methyl sites for hydroxylation is 1. The van der Waals surface area contributed by atoms with Crippen LogP contribution in [-0.2, 0) is 9.59 Å². The molecule has 0 radical (unpaired) electrons. The van der Waals surface area contributed by atoms with E-state index >= 15 is 0 Å². The summed E-state index contributed by atoms with van der Waals surface area (Å²) < 4.78 is 0. The first-order valence-electron chi connectivity index (χ1n) is 11.3. The zero-order valence-electron chi connectivity index (χ0n) is 17.0. The van der Waals surface area contributed by atoms with E-state index in [4.69, 9.17) is 0 Å². The van der Waals surface area contributed by atoms with E-state index in [1.807, 2.05) is 0 Å². The molecule has 4 fully saturated rings. The number of carbonyl (C=O) groups is 2. The fourth-order valence-corrected chi connectivity index (χ4v) is 6.09. The maximum atomic E-state index is 13.4. The van der Waals surface area contributed by atoms with E-state index in [1.54, 1.807) is 0 Å². The summed E-state index contributed by atoms with van der Waals surface area (Å²) in [6, 6.07) is 8.68. The molecule has 4 heteroatoms. The van der Waals surface area contributed by atoms with Crippen molar-refractivity contribution in [1.29, 1.82) is 0 Å². The highest BCUT2D eigenvalue weighted by Gasteiger charge is 2.51. The molecule has 2 aliphatic carbocycles. The molecule has 2 saturated heterocycles. The largest absolute Gasteiger partial charge is 0.342 e. The molecule has 2 saturated carbocycles. The van der Waals surface area contributed by atoms with Gasteiger partial charge in [0.05, 0.1) is 6.04 Å². The Morgan fingerprint density at radius 3 is 2.21 bits per heavy atom. The smallest absolute Gasteiger partial charge is 0.226 e. The summed E-state index contributed by atoms with van der Waals surface area (Å²) in [4.78, 5) is 30.6. The van der Waals surface area contributed by atoms with Crippen LogP contribution >= 0.6 is 0 Å². The minimum atomic E-state index is 0.137. The minimum absolute atomic E-state index is 0.137. The molecule has 4 nitrogen and oxygen atoms in total. The third-order valence-electron chi connectivity index (χ3n) is 7.92. The minimum Gasteiger partial charge on any atom is -0.342 e. The predicted molar refractivity (Wildman–Crippen MR) is 108 cm³/mol. The standard InChI is InChI=1S/C24H32N2O2/c1-16-7-2-5-12-20(16)22-21-15-25(23(27)17-10-6-11-17)13-19(21)14-26(22)24(28)18-8-3-4-9-18/h2,5,7,12,17-19,21-22H,3-4,6,8-11,13-15H2,1H3/t19-,21-,22+/m0/s1. The van der Waals surface area contributed by atoms with Crippen molar-refractivity contribution in [3.8, 4) is 0 Å². The first kappa shape index (κ1) is 18.2. The number of hydrogen-bond acceptors (Lipinski definition) is 2. The molecule has 1 aromatic rings. The quantitative estimate of drug-likeness (QED) is 0.797. The van der Waals surface area contributed by atoms with Gasteiger partial charge >= 0.3 is 0 Å². The van der Waals surface area contributed by atoms with Gasteiger partial charge in [-0.2, -0.15) is 0 Å². The van der Waals surface area contributed by atoms with E-state index in [9.17, 15) is 9.59 Å². The molecule has 2 heterocycles. The van der Waals surface area contributed by atoms with E-state index in [2.05, 4.69) is 41.0 Å². The molecule has 0 N–H and O–H groups in total. The molecular weight excluding hydrogens is 348 g/mol. The number of benzene rings is 1. The fraction of sp³-hybridized carbons (Fsp3) is 0.667. The highest BCUT2D eigenvalue weighted by molar-refractivity contribution is 5.81. The van der Waals surface area contributed by atoms with Crippen molar-refractivity contribution in [2.24, 2.45) is 23.7 Å². The number of likely N-dealkylation sites (tertiary alicyclic amines) is 2. The van der Waals surface area contributed by atoms with Gasteiger partial charge in [-0.25, -0.2) is 0 Å². The molecule has 2 aliphatic heterocycles. The van der Waals surface area contributed by atoms with Crippen molar-refractivity contribution in [3.05, 3.63) is 35.4 Å². The molecule has 0 spiro atoms. The van der Waals surface area contributed by atoms with Crippen LogP contribution in [0.1, 0.15) is 62.1 Å². The molecule has 2 amide bonds. The number of fused-ring (bicyclic) bond motifs is 1. The lowest BCUT2D eigenvalue weighted by atomic mass is 9.84. The van der Waals surface area contributed by atoms with E-state index in [1.165, 1.54) is 30.4 Å². The number of hydrogen-bond donors (Lipinski definition) is 0. The van der Waals surface area contributed by atoms with Crippen LogP contribution < -0.4 is 0 Å². The second-order valence-electron chi connectivity index (χ2n) is 9.57. The molecule has 0 bridgehead atoms. The summed E-state index contributed by atoms with van der Waals surface area (Å²) in [6.07, 6.45) is 7.82. The Morgan fingerprint density at radius 2 is 1.54 bits per heavy atom. The van der Waals surface area contributed by atoms with Gasteiger partial charge in [-0.05, 0) is 43.7 Å². The Morgan fingerprint density at radius 1 is 0.857 bits per heavy atom. The summed E-state index contributed by atoms with van der Waals surface area (Å²) in [5.74, 6) is 2.05. The number of nitrogens with zero attached hydrogens (tertiary/aromatic N) is 2. The third kappa shape index (κ3) is 2.96. The summed E-state index contributed by atoms with van der Waals surface area (Å²) in [6.45, 7) is 4.66. The monoisotopic (exact) mass is 380 g/mol. The van der Waals surface area contributed by atoms with E-state index in [0.29, 0.717) is 23.7 Å². The van der Waals surface area contributed by atoms with Crippen LogP contribution in [0.2, 0.25) is 0 Å². The first-order chi connectivity index (χ1) is 13.6. The highest BCUT2D eigenvalue weighted by Crippen LogP contribution is 2.47.